The fourth-order valence-corrected chi connectivity index (χ4v) is 10.1. The summed E-state index contributed by atoms with van der Waals surface area (Å²) in [6.45, 7) is 20.6. The second-order valence-corrected chi connectivity index (χ2v) is 23.6. The van der Waals surface area contributed by atoms with Gasteiger partial charge in [-0.15, -0.1) is 11.3 Å². The second-order valence-electron chi connectivity index (χ2n) is 21.6. The van der Waals surface area contributed by atoms with Crippen LogP contribution in [0.25, 0.3) is 21.3 Å². The molecule has 4 heterocycles. The molecule has 20 nitrogen and oxygen atoms in total. The standard InChI is InChI=1S/C54H77BrClFN10O10S/c1-34(36-11-13-37(14-12-36)46-35(2)59-33-78-46)60-49(70)41-29-38(68)31-67(41)50(71)47(53(3,4)5)61-42(69)32-76-28-27-75-26-25-74-24-23-73-22-21-64(9)16-10-15-58-51-62-45-39(30-40(56)43(55)44(45)57)48(63-51)65-17-19-66(20-18-65)52(72)77-54(6,7)8/h11-14,30,33-34,38,41,47,68H,10,15-29,31-32H2,1-9H3,(H,60,70)(H,61,69)(H,58,62,63)/t34?,38-,41+,47?/m1/s1. The number of hydrogen-bond donors (Lipinski definition) is 4. The van der Waals surface area contributed by atoms with E-state index in [1.807, 2.05) is 97.1 Å². The normalized spacial score (nSPS) is 16.9. The summed E-state index contributed by atoms with van der Waals surface area (Å²) in [5, 5.41) is 20.4. The molecule has 4 N–H and O–H groups in total. The Labute approximate surface area is 474 Å². The largest absolute Gasteiger partial charge is 0.444 e. The third kappa shape index (κ3) is 18.1. The van der Waals surface area contributed by atoms with Crippen molar-refractivity contribution in [1.29, 1.82) is 0 Å². The van der Waals surface area contributed by atoms with Crippen molar-refractivity contribution in [3.05, 3.63) is 62.4 Å². The van der Waals surface area contributed by atoms with Crippen LogP contribution in [-0.4, -0.2) is 195 Å². The van der Waals surface area contributed by atoms with Crippen LogP contribution in [0.1, 0.15) is 78.6 Å². The van der Waals surface area contributed by atoms with Gasteiger partial charge in [-0.2, -0.15) is 4.98 Å². The van der Waals surface area contributed by atoms with Crippen molar-refractivity contribution in [3.63, 3.8) is 0 Å². The number of aromatic nitrogens is 3. The maximum atomic E-state index is 15.5. The number of rotatable bonds is 26. The molecule has 2 aromatic carbocycles. The van der Waals surface area contributed by atoms with Gasteiger partial charge < -0.3 is 64.3 Å². The number of β-amino-alcohol motifs (C(OH)–C–C–N with tert-alkyl or cyclic N) is 1. The van der Waals surface area contributed by atoms with Gasteiger partial charge in [-0.1, -0.05) is 56.6 Å². The smallest absolute Gasteiger partial charge is 0.410 e. The SMILES string of the molecule is Cc1ncsc1-c1ccc(C(C)NC(=O)[C@@H]2C[C@@H](O)CN2C(=O)C(NC(=O)COCCOCCOCCOCCN(C)CCCNc2nc(N3CCN(C(=O)OC(C)(C)C)CC3)c3cc(Cl)c(Br)c(F)c3n2)C(C)(C)C)cc1. The predicted octanol–water partition coefficient (Wildman–Crippen LogP) is 6.84. The summed E-state index contributed by atoms with van der Waals surface area (Å²) in [6, 6.07) is 7.31. The molecule has 4 aromatic rings. The van der Waals surface area contributed by atoms with Crippen LogP contribution >= 0.6 is 38.9 Å². The number of hydrogen-bond acceptors (Lipinski definition) is 17. The van der Waals surface area contributed by atoms with Gasteiger partial charge in [0.2, 0.25) is 23.7 Å². The number of amides is 4. The zero-order valence-corrected chi connectivity index (χ0v) is 49.5. The first-order chi connectivity index (χ1) is 37.0. The fraction of sp³-hybridized carbons (Fsp3) is 0.611. The third-order valence-corrected chi connectivity index (χ3v) is 15.3. The zero-order valence-electron chi connectivity index (χ0n) is 46.3. The Morgan fingerprint density at radius 3 is 2.18 bits per heavy atom. The first-order valence-electron chi connectivity index (χ1n) is 26.4. The minimum Gasteiger partial charge on any atom is -0.444 e. The Hall–Kier alpha value is -4.85. The third-order valence-electron chi connectivity index (χ3n) is 13.1. The number of carbonyl (C=O) groups excluding carboxylic acids is 4. The van der Waals surface area contributed by atoms with E-state index in [-0.39, 0.29) is 65.8 Å². The van der Waals surface area contributed by atoms with Crippen LogP contribution in [0.4, 0.5) is 21.0 Å². The quantitative estimate of drug-likeness (QED) is 0.0373. The summed E-state index contributed by atoms with van der Waals surface area (Å²) < 4.78 is 43.7. The van der Waals surface area contributed by atoms with Gasteiger partial charge >= 0.3 is 6.09 Å². The molecule has 2 aromatic heterocycles. The molecule has 2 fully saturated rings. The Bertz CT molecular complexity index is 2640. The maximum Gasteiger partial charge on any atom is 0.410 e. The number of likely N-dealkylation sites (N-methyl/N-ethyl adjacent to an activating group) is 1. The van der Waals surface area contributed by atoms with Gasteiger partial charge in [0.25, 0.3) is 0 Å². The lowest BCUT2D eigenvalue weighted by Crippen LogP contribution is -2.58. The molecule has 4 amide bonds. The van der Waals surface area contributed by atoms with Crippen molar-refractivity contribution >= 4 is 85.4 Å². The number of benzene rings is 2. The van der Waals surface area contributed by atoms with Crippen LogP contribution in [0, 0.1) is 18.2 Å². The second kappa shape index (κ2) is 29.0. The molecule has 0 bridgehead atoms. The van der Waals surface area contributed by atoms with Crippen molar-refractivity contribution in [2.45, 2.75) is 98.1 Å². The number of aliphatic hydroxyl groups is 1. The molecule has 2 unspecified atom stereocenters. The highest BCUT2D eigenvalue weighted by atomic mass is 79.9. The van der Waals surface area contributed by atoms with Crippen molar-refractivity contribution in [2.75, 3.05) is 122 Å². The summed E-state index contributed by atoms with van der Waals surface area (Å²) in [5.74, 6) is -1.08. The van der Waals surface area contributed by atoms with Crippen LogP contribution in [0.15, 0.2) is 40.3 Å². The van der Waals surface area contributed by atoms with E-state index in [0.29, 0.717) is 89.5 Å². The molecule has 6 rings (SSSR count). The number of piperazine rings is 1. The van der Waals surface area contributed by atoms with Gasteiger partial charge in [-0.25, -0.2) is 19.2 Å². The molecule has 2 saturated heterocycles. The number of likely N-dealkylation sites (tertiary alicyclic amines) is 1. The number of thiazole rings is 1. The van der Waals surface area contributed by atoms with Crippen LogP contribution in [-0.2, 0) is 38.1 Å². The average molecular weight is 1190 g/mol. The molecule has 430 valence electrons. The molecule has 2 aliphatic rings. The molecule has 78 heavy (non-hydrogen) atoms. The van der Waals surface area contributed by atoms with E-state index in [9.17, 15) is 24.3 Å². The lowest BCUT2D eigenvalue weighted by atomic mass is 9.85. The fourth-order valence-electron chi connectivity index (χ4n) is 8.83. The number of fused-ring (bicyclic) bond motifs is 1. The average Bonchev–Trinajstić information content (AvgIpc) is 4.07. The number of halogens is 3. The molecule has 0 aliphatic carbocycles. The molecule has 0 spiro atoms. The Morgan fingerprint density at radius 2 is 1.56 bits per heavy atom. The first kappa shape index (κ1) is 62.3. The minimum absolute atomic E-state index is 0.0305. The number of nitrogens with zero attached hydrogens (tertiary/aromatic N) is 7. The van der Waals surface area contributed by atoms with E-state index in [0.717, 1.165) is 34.7 Å². The Morgan fingerprint density at radius 1 is 0.923 bits per heavy atom. The van der Waals surface area contributed by atoms with Crippen LogP contribution < -0.4 is 20.9 Å². The summed E-state index contributed by atoms with van der Waals surface area (Å²) >= 11 is 11.2. The predicted molar refractivity (Wildman–Crippen MR) is 302 cm³/mol. The molecule has 0 saturated carbocycles. The van der Waals surface area contributed by atoms with Gasteiger partial charge in [0, 0.05) is 57.6 Å². The summed E-state index contributed by atoms with van der Waals surface area (Å²) in [7, 11) is 2.00. The molecule has 24 heteroatoms. The van der Waals surface area contributed by atoms with Crippen molar-refractivity contribution in [1.82, 2.24) is 40.3 Å². The van der Waals surface area contributed by atoms with E-state index in [4.69, 9.17) is 40.3 Å². The van der Waals surface area contributed by atoms with Gasteiger partial charge in [0.15, 0.2) is 5.82 Å². The number of aliphatic hydroxyl groups excluding tert-OH is 1. The van der Waals surface area contributed by atoms with Crippen LogP contribution in [0.2, 0.25) is 5.02 Å². The van der Waals surface area contributed by atoms with E-state index in [1.165, 1.54) is 4.90 Å². The highest BCUT2D eigenvalue weighted by Gasteiger charge is 2.45. The van der Waals surface area contributed by atoms with E-state index in [2.05, 4.69) is 46.7 Å². The highest BCUT2D eigenvalue weighted by Crippen LogP contribution is 2.37. The molecular formula is C54H77BrClFN10O10S. The lowest BCUT2D eigenvalue weighted by molar-refractivity contribution is -0.144. The number of nitrogens with one attached hydrogen (secondary N) is 3. The van der Waals surface area contributed by atoms with Gasteiger partial charge in [0.1, 0.15) is 35.6 Å². The van der Waals surface area contributed by atoms with Gasteiger partial charge in [0.05, 0.1) is 84.0 Å². The Balaban J connectivity index is 0.810. The van der Waals surface area contributed by atoms with Gasteiger partial charge in [-0.3, -0.25) is 14.4 Å². The number of carbonyl (C=O) groups is 4. The molecular weight excluding hydrogens is 1120 g/mol. The van der Waals surface area contributed by atoms with E-state index < -0.39 is 46.8 Å². The van der Waals surface area contributed by atoms with Crippen LogP contribution in [0.3, 0.4) is 0 Å². The lowest BCUT2D eigenvalue weighted by Gasteiger charge is -2.36. The highest BCUT2D eigenvalue weighted by molar-refractivity contribution is 9.10. The summed E-state index contributed by atoms with van der Waals surface area (Å²) in [5.41, 5.74) is 3.52. The van der Waals surface area contributed by atoms with Crippen molar-refractivity contribution in [2.24, 2.45) is 5.41 Å². The Kier molecular flexibility index (Phi) is 23.2. The molecule has 2 aliphatic heterocycles. The summed E-state index contributed by atoms with van der Waals surface area (Å²) in [4.78, 5) is 75.3. The van der Waals surface area contributed by atoms with E-state index in [1.54, 1.807) is 22.3 Å². The number of ether oxygens (including phenoxy) is 5. The summed E-state index contributed by atoms with van der Waals surface area (Å²) in [6.07, 6.45) is -0.422. The number of aryl methyl sites for hydroxylation is 1. The van der Waals surface area contributed by atoms with Gasteiger partial charge in [-0.05, 0) is 93.2 Å². The monoisotopic (exact) mass is 1190 g/mol. The number of anilines is 2. The topological polar surface area (TPSA) is 222 Å². The van der Waals surface area contributed by atoms with Crippen molar-refractivity contribution < 1.29 is 52.4 Å². The maximum absolute atomic E-state index is 15.5. The van der Waals surface area contributed by atoms with E-state index >= 15 is 4.39 Å². The van der Waals surface area contributed by atoms with Crippen molar-refractivity contribution in [3.8, 4) is 10.4 Å². The first-order valence-corrected chi connectivity index (χ1v) is 28.5. The minimum atomic E-state index is -0.982. The molecule has 0 radical (unpaired) electrons. The zero-order chi connectivity index (χ0) is 56.7. The molecule has 4 atom stereocenters. The van der Waals surface area contributed by atoms with Crippen LogP contribution in [0.5, 0.6) is 0 Å².